The number of hydrogen-bond acceptors (Lipinski definition) is 6. The van der Waals surface area contributed by atoms with E-state index in [0.717, 1.165) is 4.88 Å². The van der Waals surface area contributed by atoms with E-state index < -0.39 is 10.0 Å². The van der Waals surface area contributed by atoms with Crippen molar-refractivity contribution >= 4 is 21.4 Å². The molecule has 3 rings (SSSR count). The lowest BCUT2D eigenvalue weighted by atomic mass is 10.2. The van der Waals surface area contributed by atoms with E-state index in [2.05, 4.69) is 4.98 Å². The molecule has 0 atom stereocenters. The Bertz CT molecular complexity index is 833. The van der Waals surface area contributed by atoms with Crippen LogP contribution in [0, 0.1) is 18.3 Å². The van der Waals surface area contributed by atoms with Crippen LogP contribution in [-0.4, -0.2) is 36.9 Å². The van der Waals surface area contributed by atoms with Gasteiger partial charge in [0.15, 0.2) is 0 Å². The third-order valence-electron chi connectivity index (χ3n) is 3.28. The van der Waals surface area contributed by atoms with E-state index in [9.17, 15) is 8.42 Å². The Morgan fingerprint density at radius 2 is 2.18 bits per heavy atom. The van der Waals surface area contributed by atoms with Crippen molar-refractivity contribution in [1.29, 1.82) is 5.26 Å². The van der Waals surface area contributed by atoms with Crippen LogP contribution in [0.5, 0.6) is 5.88 Å². The molecule has 6 nitrogen and oxygen atoms in total. The highest BCUT2D eigenvalue weighted by atomic mass is 32.2. The number of pyridine rings is 1. The molecule has 0 saturated carbocycles. The summed E-state index contributed by atoms with van der Waals surface area (Å²) in [5, 5.41) is 8.82. The molecule has 0 amide bonds. The molecule has 0 N–H and O–H groups in total. The van der Waals surface area contributed by atoms with Crippen molar-refractivity contribution in [3.05, 3.63) is 40.9 Å². The molecule has 0 spiro atoms. The minimum Gasteiger partial charge on any atom is -0.471 e. The van der Waals surface area contributed by atoms with Gasteiger partial charge in [0.05, 0.1) is 24.7 Å². The van der Waals surface area contributed by atoms with Gasteiger partial charge >= 0.3 is 0 Å². The molecule has 1 fully saturated rings. The van der Waals surface area contributed by atoms with Crippen molar-refractivity contribution in [3.8, 4) is 11.9 Å². The minimum atomic E-state index is -3.42. The van der Waals surface area contributed by atoms with Gasteiger partial charge in [-0.15, -0.1) is 11.3 Å². The second-order valence-electron chi connectivity index (χ2n) is 4.92. The van der Waals surface area contributed by atoms with Gasteiger partial charge in [-0.3, -0.25) is 0 Å². The van der Waals surface area contributed by atoms with Crippen molar-refractivity contribution in [2.75, 3.05) is 13.1 Å². The fourth-order valence-electron chi connectivity index (χ4n) is 2.06. The van der Waals surface area contributed by atoms with Gasteiger partial charge < -0.3 is 4.74 Å². The average Bonchev–Trinajstić information content (AvgIpc) is 2.90. The normalized spacial score (nSPS) is 16.0. The summed E-state index contributed by atoms with van der Waals surface area (Å²) in [7, 11) is -3.42. The van der Waals surface area contributed by atoms with Crippen LogP contribution in [0.15, 0.2) is 34.7 Å². The molecule has 114 valence electrons. The second kappa shape index (κ2) is 5.68. The Hall–Kier alpha value is -1.95. The molecule has 0 bridgehead atoms. The first kappa shape index (κ1) is 15.0. The number of aromatic nitrogens is 1. The van der Waals surface area contributed by atoms with E-state index >= 15 is 0 Å². The van der Waals surface area contributed by atoms with E-state index in [4.69, 9.17) is 10.00 Å². The molecule has 0 unspecified atom stereocenters. The Morgan fingerprint density at radius 3 is 2.82 bits per heavy atom. The Morgan fingerprint density at radius 1 is 1.41 bits per heavy atom. The largest absolute Gasteiger partial charge is 0.471 e. The zero-order valence-corrected chi connectivity index (χ0v) is 13.4. The molecular formula is C14H13N3O3S2. The molecule has 1 aliphatic heterocycles. The fourth-order valence-corrected chi connectivity index (χ4v) is 5.00. The van der Waals surface area contributed by atoms with Crippen molar-refractivity contribution in [3.63, 3.8) is 0 Å². The first-order chi connectivity index (χ1) is 10.5. The topological polar surface area (TPSA) is 83.3 Å². The molecule has 1 saturated heterocycles. The van der Waals surface area contributed by atoms with Crippen molar-refractivity contribution in [2.24, 2.45) is 0 Å². The number of sulfonamides is 1. The zero-order valence-electron chi connectivity index (χ0n) is 11.8. The molecule has 2 aromatic rings. The molecule has 2 aromatic heterocycles. The summed E-state index contributed by atoms with van der Waals surface area (Å²) >= 11 is 1.26. The van der Waals surface area contributed by atoms with Gasteiger partial charge in [0.2, 0.25) is 5.88 Å². The summed E-state index contributed by atoms with van der Waals surface area (Å²) in [6, 6.07) is 8.56. The molecule has 0 aromatic carbocycles. The molecule has 0 radical (unpaired) electrons. The van der Waals surface area contributed by atoms with Gasteiger partial charge in [-0.1, -0.05) is 0 Å². The van der Waals surface area contributed by atoms with E-state index in [1.165, 1.54) is 21.8 Å². The number of hydrogen-bond donors (Lipinski definition) is 0. The summed E-state index contributed by atoms with van der Waals surface area (Å²) in [5.41, 5.74) is 0.461. The highest BCUT2D eigenvalue weighted by Gasteiger charge is 2.39. The average molecular weight is 335 g/mol. The van der Waals surface area contributed by atoms with Gasteiger partial charge in [-0.2, -0.15) is 9.57 Å². The minimum absolute atomic E-state index is 0.239. The predicted molar refractivity (Wildman–Crippen MR) is 81.2 cm³/mol. The second-order valence-corrected chi connectivity index (χ2v) is 8.37. The number of nitrogens with zero attached hydrogens (tertiary/aromatic N) is 3. The number of aryl methyl sites for hydroxylation is 1. The summed E-state index contributed by atoms with van der Waals surface area (Å²) in [5.74, 6) is 0.341. The Balaban J connectivity index is 1.63. The maximum atomic E-state index is 12.3. The van der Waals surface area contributed by atoms with Crippen LogP contribution in [-0.2, 0) is 10.0 Å². The lowest BCUT2D eigenvalue weighted by Crippen LogP contribution is -2.55. The summed E-state index contributed by atoms with van der Waals surface area (Å²) < 4.78 is 32.0. The van der Waals surface area contributed by atoms with E-state index in [1.54, 1.807) is 24.3 Å². The Kier molecular flexibility index (Phi) is 3.87. The van der Waals surface area contributed by atoms with Crippen LogP contribution >= 0.6 is 11.3 Å². The van der Waals surface area contributed by atoms with Crippen molar-refractivity contribution < 1.29 is 13.2 Å². The summed E-state index contributed by atoms with van der Waals surface area (Å²) in [6.07, 6.45) is 1.26. The highest BCUT2D eigenvalue weighted by Crippen LogP contribution is 2.28. The number of thiophene rings is 1. The van der Waals surface area contributed by atoms with Gasteiger partial charge in [0.1, 0.15) is 10.3 Å². The van der Waals surface area contributed by atoms with Crippen molar-refractivity contribution in [1.82, 2.24) is 9.29 Å². The lowest BCUT2D eigenvalue weighted by Gasteiger charge is -2.37. The Labute approximate surface area is 132 Å². The van der Waals surface area contributed by atoms with Gasteiger partial charge in [0, 0.05) is 17.1 Å². The fraction of sp³-hybridized carbons (Fsp3) is 0.286. The van der Waals surface area contributed by atoms with E-state index in [0.29, 0.717) is 15.7 Å². The predicted octanol–water partition coefficient (Wildman–Crippen LogP) is 1.78. The highest BCUT2D eigenvalue weighted by molar-refractivity contribution is 7.91. The van der Waals surface area contributed by atoms with Crippen LogP contribution in [0.2, 0.25) is 0 Å². The lowest BCUT2D eigenvalue weighted by molar-refractivity contribution is 0.0722. The van der Waals surface area contributed by atoms with Gasteiger partial charge in [0.25, 0.3) is 10.0 Å². The van der Waals surface area contributed by atoms with Crippen LogP contribution in [0.1, 0.15) is 10.4 Å². The van der Waals surface area contributed by atoms with E-state index in [-0.39, 0.29) is 19.2 Å². The summed E-state index contributed by atoms with van der Waals surface area (Å²) in [6.45, 7) is 2.45. The quantitative estimate of drug-likeness (QED) is 0.850. The summed E-state index contributed by atoms with van der Waals surface area (Å²) in [4.78, 5) is 4.98. The molecule has 1 aliphatic rings. The maximum Gasteiger partial charge on any atom is 0.252 e. The molecule has 3 heterocycles. The van der Waals surface area contributed by atoms with Gasteiger partial charge in [-0.05, 0) is 25.1 Å². The monoisotopic (exact) mass is 335 g/mol. The molecular weight excluding hydrogens is 322 g/mol. The standard InChI is InChI=1S/C14H13N3O3S2/c1-10-2-3-14(21-10)22(18,19)17-8-12(9-17)20-13-6-11(7-15)4-5-16-13/h2-6,12H,8-9H2,1H3. The zero-order chi connectivity index (χ0) is 15.7. The molecule has 8 heteroatoms. The number of nitriles is 1. The first-order valence-electron chi connectivity index (χ1n) is 6.58. The smallest absolute Gasteiger partial charge is 0.252 e. The van der Waals surface area contributed by atoms with E-state index in [1.807, 2.05) is 13.0 Å². The van der Waals surface area contributed by atoms with Crippen LogP contribution in [0.4, 0.5) is 0 Å². The SMILES string of the molecule is Cc1ccc(S(=O)(=O)N2CC(Oc3cc(C#N)ccn3)C2)s1. The van der Waals surface area contributed by atoms with Crippen LogP contribution in [0.3, 0.4) is 0 Å². The van der Waals surface area contributed by atoms with Crippen molar-refractivity contribution in [2.45, 2.75) is 17.2 Å². The van der Waals surface area contributed by atoms with Crippen LogP contribution < -0.4 is 4.74 Å². The molecule has 22 heavy (non-hydrogen) atoms. The third kappa shape index (κ3) is 2.83. The maximum absolute atomic E-state index is 12.3. The van der Waals surface area contributed by atoms with Crippen LogP contribution in [0.25, 0.3) is 0 Å². The third-order valence-corrected chi connectivity index (χ3v) is 6.58. The number of ether oxygens (including phenoxy) is 1. The first-order valence-corrected chi connectivity index (χ1v) is 8.84. The molecule has 0 aliphatic carbocycles. The number of rotatable bonds is 4. The van der Waals surface area contributed by atoms with Gasteiger partial charge in [-0.25, -0.2) is 13.4 Å².